The van der Waals surface area contributed by atoms with Crippen molar-refractivity contribution >= 4 is 16.7 Å². The Morgan fingerprint density at radius 1 is 1.24 bits per heavy atom. The van der Waals surface area contributed by atoms with Gasteiger partial charge in [-0.25, -0.2) is 9.67 Å². The topological polar surface area (TPSA) is 74.5 Å². The van der Waals surface area contributed by atoms with E-state index in [1.54, 1.807) is 21.6 Å². The summed E-state index contributed by atoms with van der Waals surface area (Å²) in [6, 6.07) is 3.68. The maximum Gasteiger partial charge on any atom is 0.183 e. The first-order valence-electron chi connectivity index (χ1n) is 5.26. The molecule has 0 radical (unpaired) electrons. The van der Waals surface area contributed by atoms with Gasteiger partial charge in [-0.2, -0.15) is 5.10 Å². The molecular weight excluding hydrogens is 216 g/mol. The number of hydrogen-bond acceptors (Lipinski definition) is 4. The molecule has 3 rings (SSSR count). The van der Waals surface area contributed by atoms with Crippen molar-refractivity contribution in [3.8, 4) is 5.82 Å². The molecule has 0 amide bonds. The first-order valence-corrected chi connectivity index (χ1v) is 5.26. The number of hydrogen-bond donors (Lipinski definition) is 1. The first kappa shape index (κ1) is 9.83. The van der Waals surface area contributed by atoms with Crippen molar-refractivity contribution in [3.63, 3.8) is 0 Å². The van der Waals surface area contributed by atoms with E-state index in [1.165, 1.54) is 0 Å². The lowest BCUT2D eigenvalue weighted by atomic mass is 10.2. The van der Waals surface area contributed by atoms with Gasteiger partial charge in [0.2, 0.25) is 0 Å². The fourth-order valence-corrected chi connectivity index (χ4v) is 1.93. The third kappa shape index (κ3) is 1.37. The van der Waals surface area contributed by atoms with Crippen molar-refractivity contribution in [1.29, 1.82) is 0 Å². The van der Waals surface area contributed by atoms with Crippen LogP contribution in [-0.4, -0.2) is 24.5 Å². The summed E-state index contributed by atoms with van der Waals surface area (Å²) in [6.07, 6.45) is 3.53. The molecule has 0 bridgehead atoms. The van der Waals surface area contributed by atoms with Gasteiger partial charge in [0.25, 0.3) is 0 Å². The summed E-state index contributed by atoms with van der Waals surface area (Å²) in [6.45, 7) is 1.96. The molecule has 3 aromatic rings. The molecule has 3 heterocycles. The third-order valence-electron chi connectivity index (χ3n) is 2.75. The molecule has 0 aliphatic rings. The number of pyridine rings is 1. The highest BCUT2D eigenvalue weighted by molar-refractivity contribution is 5.90. The zero-order chi connectivity index (χ0) is 12.0. The molecule has 0 unspecified atom stereocenters. The Hall–Kier alpha value is -2.37. The monoisotopic (exact) mass is 228 g/mol. The van der Waals surface area contributed by atoms with Crippen molar-refractivity contribution in [1.82, 2.24) is 24.5 Å². The Kier molecular flexibility index (Phi) is 1.91. The smallest absolute Gasteiger partial charge is 0.183 e. The van der Waals surface area contributed by atoms with E-state index in [9.17, 15) is 0 Å². The Bertz CT molecular complexity index is 693. The molecule has 0 spiro atoms. The van der Waals surface area contributed by atoms with E-state index in [0.717, 1.165) is 16.9 Å². The standard InChI is InChI=1S/C11H12N6/c1-7-10-8(12)3-5-13-11(10)15-17(7)9-4-6-16(2)14-9/h3-6H,12H2,1-2H3. The number of rotatable bonds is 1. The Balaban J connectivity index is 2.32. The number of aromatic nitrogens is 5. The Morgan fingerprint density at radius 3 is 2.71 bits per heavy atom. The van der Waals surface area contributed by atoms with Crippen molar-refractivity contribution in [2.24, 2.45) is 7.05 Å². The van der Waals surface area contributed by atoms with Crippen LogP contribution in [0.4, 0.5) is 5.69 Å². The van der Waals surface area contributed by atoms with E-state index < -0.39 is 0 Å². The van der Waals surface area contributed by atoms with Crippen LogP contribution in [0.25, 0.3) is 16.9 Å². The average molecular weight is 228 g/mol. The molecule has 0 saturated carbocycles. The fourth-order valence-electron chi connectivity index (χ4n) is 1.93. The van der Waals surface area contributed by atoms with Gasteiger partial charge in [-0.1, -0.05) is 0 Å². The van der Waals surface area contributed by atoms with Crippen LogP contribution in [0.3, 0.4) is 0 Å². The second kappa shape index (κ2) is 3.31. The van der Waals surface area contributed by atoms with Crippen LogP contribution in [0.1, 0.15) is 5.69 Å². The highest BCUT2D eigenvalue weighted by Gasteiger charge is 2.13. The lowest BCUT2D eigenvalue weighted by molar-refractivity contribution is 0.726. The van der Waals surface area contributed by atoms with E-state index in [-0.39, 0.29) is 0 Å². The van der Waals surface area contributed by atoms with Crippen LogP contribution in [0.2, 0.25) is 0 Å². The van der Waals surface area contributed by atoms with Gasteiger partial charge < -0.3 is 5.73 Å². The second-order valence-electron chi connectivity index (χ2n) is 3.94. The minimum absolute atomic E-state index is 0.646. The minimum Gasteiger partial charge on any atom is -0.398 e. The van der Waals surface area contributed by atoms with E-state index in [2.05, 4.69) is 15.2 Å². The fraction of sp³-hybridized carbons (Fsp3) is 0.182. The van der Waals surface area contributed by atoms with Crippen LogP contribution >= 0.6 is 0 Å². The molecule has 0 aliphatic carbocycles. The molecule has 0 fully saturated rings. The predicted octanol–water partition coefficient (Wildman–Crippen LogP) is 1.04. The van der Waals surface area contributed by atoms with E-state index >= 15 is 0 Å². The van der Waals surface area contributed by atoms with Gasteiger partial charge in [-0.15, -0.1) is 5.10 Å². The Labute approximate surface area is 97.7 Å². The van der Waals surface area contributed by atoms with Crippen LogP contribution < -0.4 is 5.73 Å². The highest BCUT2D eigenvalue weighted by Crippen LogP contribution is 2.23. The largest absolute Gasteiger partial charge is 0.398 e. The quantitative estimate of drug-likeness (QED) is 0.675. The van der Waals surface area contributed by atoms with Gasteiger partial charge in [0, 0.05) is 31.2 Å². The third-order valence-corrected chi connectivity index (χ3v) is 2.75. The molecule has 0 aliphatic heterocycles. The summed E-state index contributed by atoms with van der Waals surface area (Å²) in [4.78, 5) is 4.21. The predicted molar refractivity (Wildman–Crippen MR) is 64.8 cm³/mol. The van der Waals surface area contributed by atoms with Crippen LogP contribution in [0, 0.1) is 6.92 Å². The van der Waals surface area contributed by atoms with Crippen LogP contribution in [0.15, 0.2) is 24.5 Å². The molecule has 6 nitrogen and oxygen atoms in total. The van der Waals surface area contributed by atoms with Gasteiger partial charge in [-0.05, 0) is 13.0 Å². The van der Waals surface area contributed by atoms with Crippen molar-refractivity contribution in [3.05, 3.63) is 30.2 Å². The maximum absolute atomic E-state index is 5.93. The zero-order valence-electron chi connectivity index (χ0n) is 9.62. The molecule has 2 N–H and O–H groups in total. The van der Waals surface area contributed by atoms with Crippen molar-refractivity contribution in [2.45, 2.75) is 6.92 Å². The van der Waals surface area contributed by atoms with E-state index in [4.69, 9.17) is 5.73 Å². The van der Waals surface area contributed by atoms with Crippen LogP contribution in [0.5, 0.6) is 0 Å². The SMILES string of the molecule is Cc1c2c(N)ccnc2nn1-c1ccn(C)n1. The summed E-state index contributed by atoms with van der Waals surface area (Å²) in [7, 11) is 1.87. The number of nitrogens with zero attached hydrogens (tertiary/aromatic N) is 5. The van der Waals surface area contributed by atoms with E-state index in [1.807, 2.05) is 26.2 Å². The highest BCUT2D eigenvalue weighted by atomic mass is 15.4. The second-order valence-corrected chi connectivity index (χ2v) is 3.94. The van der Waals surface area contributed by atoms with Crippen molar-refractivity contribution in [2.75, 3.05) is 5.73 Å². The molecule has 0 saturated heterocycles. The molecule has 6 heteroatoms. The number of nitrogens with two attached hydrogens (primary N) is 1. The molecule has 0 aromatic carbocycles. The first-order chi connectivity index (χ1) is 8.16. The average Bonchev–Trinajstić information content (AvgIpc) is 2.84. The van der Waals surface area contributed by atoms with Gasteiger partial charge in [0.15, 0.2) is 11.5 Å². The lowest BCUT2D eigenvalue weighted by Crippen LogP contribution is -2.01. The zero-order valence-corrected chi connectivity index (χ0v) is 9.62. The number of aryl methyl sites for hydroxylation is 2. The summed E-state index contributed by atoms with van der Waals surface area (Å²) < 4.78 is 3.49. The summed E-state index contributed by atoms with van der Waals surface area (Å²) >= 11 is 0. The number of fused-ring (bicyclic) bond motifs is 1. The molecule has 3 aromatic heterocycles. The van der Waals surface area contributed by atoms with Crippen molar-refractivity contribution < 1.29 is 0 Å². The lowest BCUT2D eigenvalue weighted by Gasteiger charge is -1.99. The summed E-state index contributed by atoms with van der Waals surface area (Å²) in [5.41, 5.74) is 8.22. The molecular formula is C11H12N6. The minimum atomic E-state index is 0.646. The van der Waals surface area contributed by atoms with Gasteiger partial charge >= 0.3 is 0 Å². The van der Waals surface area contributed by atoms with Gasteiger partial charge in [0.1, 0.15) is 0 Å². The normalized spacial score (nSPS) is 11.2. The molecule has 17 heavy (non-hydrogen) atoms. The van der Waals surface area contributed by atoms with Gasteiger partial charge in [0.05, 0.1) is 11.1 Å². The molecule has 0 atom stereocenters. The maximum atomic E-state index is 5.93. The number of anilines is 1. The van der Waals surface area contributed by atoms with Gasteiger partial charge in [-0.3, -0.25) is 4.68 Å². The van der Waals surface area contributed by atoms with E-state index in [0.29, 0.717) is 11.3 Å². The Morgan fingerprint density at radius 2 is 2.06 bits per heavy atom. The summed E-state index contributed by atoms with van der Waals surface area (Å²) in [5, 5.41) is 9.61. The number of nitrogen functional groups attached to an aromatic ring is 1. The molecule has 86 valence electrons. The summed E-state index contributed by atoms with van der Waals surface area (Å²) in [5.74, 6) is 0.766. The van der Waals surface area contributed by atoms with Crippen LogP contribution in [-0.2, 0) is 7.05 Å².